The van der Waals surface area contributed by atoms with Gasteiger partial charge in [-0.05, 0) is 49.4 Å². The maximum Gasteiger partial charge on any atom is 0.264 e. The number of rotatable bonds is 7. The Bertz CT molecular complexity index is 1030. The molecule has 2 aromatic carbocycles. The number of amides is 1. The standard InChI is InChI=1S/C21H22N2O4S/c1-3-23(18-10-5-4-6-11-18)28(25,26)20-13-7-9-17(15-20)21(24)22(2)16-19-12-8-14-27-19/h4-15H,3,16H2,1-2H3. The molecule has 1 amide bonds. The van der Waals surface area contributed by atoms with E-state index in [1.54, 1.807) is 68.8 Å². The van der Waals surface area contributed by atoms with E-state index in [4.69, 9.17) is 4.42 Å². The number of benzene rings is 2. The Morgan fingerprint density at radius 1 is 1.00 bits per heavy atom. The SMILES string of the molecule is CCN(c1ccccc1)S(=O)(=O)c1cccc(C(=O)N(C)Cc2ccco2)c1. The third kappa shape index (κ3) is 4.09. The van der Waals surface area contributed by atoms with E-state index in [1.165, 1.54) is 21.3 Å². The number of furan rings is 1. The van der Waals surface area contributed by atoms with Crippen molar-refractivity contribution in [3.63, 3.8) is 0 Å². The molecule has 0 fully saturated rings. The van der Waals surface area contributed by atoms with E-state index in [9.17, 15) is 13.2 Å². The molecule has 3 aromatic rings. The van der Waals surface area contributed by atoms with Gasteiger partial charge in [0.1, 0.15) is 5.76 Å². The Kier molecular flexibility index (Phi) is 5.84. The first kappa shape index (κ1) is 19.7. The Morgan fingerprint density at radius 3 is 2.39 bits per heavy atom. The topological polar surface area (TPSA) is 70.8 Å². The number of sulfonamides is 1. The van der Waals surface area contributed by atoms with Gasteiger partial charge in [0.25, 0.3) is 15.9 Å². The molecule has 1 heterocycles. The summed E-state index contributed by atoms with van der Waals surface area (Å²) in [5, 5.41) is 0. The van der Waals surface area contributed by atoms with Crippen LogP contribution in [0.4, 0.5) is 5.69 Å². The van der Waals surface area contributed by atoms with E-state index in [-0.39, 0.29) is 17.3 Å². The van der Waals surface area contributed by atoms with Crippen molar-refractivity contribution in [3.8, 4) is 0 Å². The van der Waals surface area contributed by atoms with Crippen LogP contribution in [0.5, 0.6) is 0 Å². The van der Waals surface area contributed by atoms with Crippen LogP contribution in [-0.2, 0) is 16.6 Å². The fraction of sp³-hybridized carbons (Fsp3) is 0.190. The molecule has 0 aliphatic heterocycles. The summed E-state index contributed by atoms with van der Waals surface area (Å²) >= 11 is 0. The van der Waals surface area contributed by atoms with Crippen LogP contribution in [0.2, 0.25) is 0 Å². The molecule has 0 saturated heterocycles. The minimum Gasteiger partial charge on any atom is -0.467 e. The highest BCUT2D eigenvalue weighted by Crippen LogP contribution is 2.24. The van der Waals surface area contributed by atoms with Gasteiger partial charge in [-0.1, -0.05) is 24.3 Å². The van der Waals surface area contributed by atoms with Crippen LogP contribution in [0.3, 0.4) is 0 Å². The Morgan fingerprint density at radius 2 is 1.75 bits per heavy atom. The average molecular weight is 398 g/mol. The van der Waals surface area contributed by atoms with Crippen molar-refractivity contribution in [2.75, 3.05) is 17.9 Å². The van der Waals surface area contributed by atoms with Crippen LogP contribution in [0.25, 0.3) is 0 Å². The van der Waals surface area contributed by atoms with Crippen molar-refractivity contribution in [1.29, 1.82) is 0 Å². The number of hydrogen-bond acceptors (Lipinski definition) is 4. The summed E-state index contributed by atoms with van der Waals surface area (Å²) in [7, 11) is -2.14. The maximum absolute atomic E-state index is 13.2. The monoisotopic (exact) mass is 398 g/mol. The summed E-state index contributed by atoms with van der Waals surface area (Å²) < 4.78 is 32.9. The van der Waals surface area contributed by atoms with Crippen molar-refractivity contribution in [2.24, 2.45) is 0 Å². The molecule has 0 bridgehead atoms. The van der Waals surface area contributed by atoms with Crippen molar-refractivity contribution in [2.45, 2.75) is 18.4 Å². The van der Waals surface area contributed by atoms with Crippen molar-refractivity contribution < 1.29 is 17.6 Å². The zero-order valence-electron chi connectivity index (χ0n) is 15.8. The van der Waals surface area contributed by atoms with E-state index in [1.807, 2.05) is 6.07 Å². The van der Waals surface area contributed by atoms with Gasteiger partial charge in [-0.15, -0.1) is 0 Å². The molecular formula is C21H22N2O4S. The Balaban J connectivity index is 1.88. The van der Waals surface area contributed by atoms with Gasteiger partial charge in [-0.25, -0.2) is 8.42 Å². The lowest BCUT2D eigenvalue weighted by Crippen LogP contribution is -2.31. The van der Waals surface area contributed by atoms with Gasteiger partial charge >= 0.3 is 0 Å². The molecule has 0 aliphatic carbocycles. The first-order valence-corrected chi connectivity index (χ1v) is 10.3. The van der Waals surface area contributed by atoms with Crippen LogP contribution in [-0.4, -0.2) is 32.8 Å². The van der Waals surface area contributed by atoms with Crippen LogP contribution >= 0.6 is 0 Å². The fourth-order valence-corrected chi connectivity index (χ4v) is 4.45. The number of para-hydroxylation sites is 1. The average Bonchev–Trinajstić information content (AvgIpc) is 3.21. The van der Waals surface area contributed by atoms with Crippen molar-refractivity contribution in [3.05, 3.63) is 84.3 Å². The van der Waals surface area contributed by atoms with Gasteiger partial charge in [0.05, 0.1) is 23.4 Å². The summed E-state index contributed by atoms with van der Waals surface area (Å²) in [4.78, 5) is 14.3. The number of nitrogens with zero attached hydrogens (tertiary/aromatic N) is 2. The number of hydrogen-bond donors (Lipinski definition) is 0. The lowest BCUT2D eigenvalue weighted by Gasteiger charge is -2.23. The van der Waals surface area contributed by atoms with Crippen molar-refractivity contribution >= 4 is 21.6 Å². The highest BCUT2D eigenvalue weighted by atomic mass is 32.2. The fourth-order valence-electron chi connectivity index (χ4n) is 2.93. The van der Waals surface area contributed by atoms with E-state index in [2.05, 4.69) is 0 Å². The van der Waals surface area contributed by atoms with Crippen LogP contribution in [0.1, 0.15) is 23.0 Å². The molecule has 0 unspecified atom stereocenters. The van der Waals surface area contributed by atoms with Gasteiger partial charge in [-0.2, -0.15) is 0 Å². The maximum atomic E-state index is 13.2. The van der Waals surface area contributed by atoms with E-state index >= 15 is 0 Å². The molecule has 0 N–H and O–H groups in total. The second-order valence-electron chi connectivity index (χ2n) is 6.27. The molecule has 0 saturated carbocycles. The normalized spacial score (nSPS) is 11.2. The van der Waals surface area contributed by atoms with E-state index in [0.717, 1.165) is 0 Å². The second kappa shape index (κ2) is 8.31. The van der Waals surface area contributed by atoms with E-state index in [0.29, 0.717) is 23.6 Å². The van der Waals surface area contributed by atoms with Gasteiger partial charge in [-0.3, -0.25) is 9.10 Å². The predicted octanol–water partition coefficient (Wildman–Crippen LogP) is 3.77. The molecule has 6 nitrogen and oxygen atoms in total. The molecule has 0 atom stereocenters. The van der Waals surface area contributed by atoms with Gasteiger partial charge in [0, 0.05) is 19.2 Å². The van der Waals surface area contributed by atoms with Crippen LogP contribution in [0, 0.1) is 0 Å². The van der Waals surface area contributed by atoms with Gasteiger partial charge < -0.3 is 9.32 Å². The Labute approximate surface area is 165 Å². The number of anilines is 1. The minimum absolute atomic E-state index is 0.0791. The molecule has 3 rings (SSSR count). The molecular weight excluding hydrogens is 376 g/mol. The largest absolute Gasteiger partial charge is 0.467 e. The first-order valence-electron chi connectivity index (χ1n) is 8.89. The molecule has 1 aromatic heterocycles. The van der Waals surface area contributed by atoms with Crippen LogP contribution < -0.4 is 4.31 Å². The van der Waals surface area contributed by atoms with Crippen molar-refractivity contribution in [1.82, 2.24) is 4.90 Å². The number of carbonyl (C=O) groups excluding carboxylic acids is 1. The molecule has 0 aliphatic rings. The van der Waals surface area contributed by atoms with Gasteiger partial charge in [0.15, 0.2) is 0 Å². The summed E-state index contributed by atoms with van der Waals surface area (Å²) in [6.07, 6.45) is 1.55. The third-order valence-electron chi connectivity index (χ3n) is 4.32. The third-order valence-corrected chi connectivity index (χ3v) is 6.22. The molecule has 0 radical (unpaired) electrons. The molecule has 146 valence electrons. The predicted molar refractivity (Wildman–Crippen MR) is 108 cm³/mol. The smallest absolute Gasteiger partial charge is 0.264 e. The summed E-state index contributed by atoms with van der Waals surface area (Å²) in [5.41, 5.74) is 0.885. The summed E-state index contributed by atoms with van der Waals surface area (Å²) in [6, 6.07) is 18.5. The Hall–Kier alpha value is -3.06. The minimum atomic E-state index is -3.79. The highest BCUT2D eigenvalue weighted by Gasteiger charge is 2.25. The van der Waals surface area contributed by atoms with E-state index < -0.39 is 10.0 Å². The highest BCUT2D eigenvalue weighted by molar-refractivity contribution is 7.92. The lowest BCUT2D eigenvalue weighted by molar-refractivity contribution is 0.0775. The number of carbonyl (C=O) groups is 1. The molecule has 7 heteroatoms. The summed E-state index contributed by atoms with van der Waals surface area (Å²) in [5.74, 6) is 0.372. The molecule has 0 spiro atoms. The van der Waals surface area contributed by atoms with Crippen LogP contribution in [0.15, 0.2) is 82.3 Å². The molecule has 28 heavy (non-hydrogen) atoms. The quantitative estimate of drug-likeness (QED) is 0.607. The van der Waals surface area contributed by atoms with Gasteiger partial charge in [0.2, 0.25) is 0 Å². The lowest BCUT2D eigenvalue weighted by atomic mass is 10.2. The zero-order chi connectivity index (χ0) is 20.1. The first-order chi connectivity index (χ1) is 13.4. The summed E-state index contributed by atoms with van der Waals surface area (Å²) in [6.45, 7) is 2.35. The zero-order valence-corrected chi connectivity index (χ0v) is 16.6. The second-order valence-corrected chi connectivity index (χ2v) is 8.14.